The van der Waals surface area contributed by atoms with Gasteiger partial charge in [-0.2, -0.15) is 0 Å². The minimum Gasteiger partial charge on any atom is -0.395 e. The van der Waals surface area contributed by atoms with E-state index in [1.54, 1.807) is 0 Å². The highest BCUT2D eigenvalue weighted by Gasteiger charge is 2.17. The normalized spacial score (nSPS) is 13.2. The van der Waals surface area contributed by atoms with Gasteiger partial charge in [-0.25, -0.2) is 9.97 Å². The summed E-state index contributed by atoms with van der Waals surface area (Å²) in [7, 11) is 0. The maximum atomic E-state index is 5.92. The fraction of sp³-hybridized carbons (Fsp3) is 0.400. The molecule has 0 saturated carbocycles. The Morgan fingerprint density at radius 3 is 2.62 bits per heavy atom. The van der Waals surface area contributed by atoms with Gasteiger partial charge in [-0.1, -0.05) is 44.1 Å². The summed E-state index contributed by atoms with van der Waals surface area (Å²) >= 11 is 7.44. The molecule has 0 fully saturated rings. The number of aromatic nitrogens is 3. The molecule has 0 aliphatic heterocycles. The molecule has 2 N–H and O–H groups in total. The minimum atomic E-state index is 0.100. The smallest absolute Gasteiger partial charge is 0.189 e. The monoisotopic (exact) mass is 322 g/mol. The van der Waals surface area contributed by atoms with E-state index in [4.69, 9.17) is 17.3 Å². The Morgan fingerprint density at radius 1 is 1.29 bits per heavy atom. The van der Waals surface area contributed by atoms with Crippen molar-refractivity contribution in [3.63, 3.8) is 0 Å². The molecule has 0 aliphatic rings. The second kappa shape index (κ2) is 6.20. The summed E-state index contributed by atoms with van der Waals surface area (Å²) in [6.45, 7) is 8.64. The van der Waals surface area contributed by atoms with Gasteiger partial charge >= 0.3 is 0 Å². The highest BCUT2D eigenvalue weighted by Crippen LogP contribution is 2.34. The fourth-order valence-electron chi connectivity index (χ4n) is 1.77. The number of thioether (sulfide) groups is 1. The van der Waals surface area contributed by atoms with Crippen LogP contribution in [0, 0.1) is 0 Å². The first-order valence-electron chi connectivity index (χ1n) is 6.68. The summed E-state index contributed by atoms with van der Waals surface area (Å²) in [6, 6.07) is 4.19. The number of rotatable bonds is 3. The first kappa shape index (κ1) is 16.0. The SMILES string of the molecule is CC(Sc1ncc(N)c(Cl)n1)c1cc(C(C)(C)C)ccn1. The molecule has 0 spiro atoms. The Bertz CT molecular complexity index is 640. The van der Waals surface area contributed by atoms with Crippen LogP contribution in [0.3, 0.4) is 0 Å². The van der Waals surface area contributed by atoms with E-state index in [9.17, 15) is 0 Å². The zero-order valence-electron chi connectivity index (χ0n) is 12.6. The van der Waals surface area contributed by atoms with Crippen molar-refractivity contribution in [2.24, 2.45) is 0 Å². The third kappa shape index (κ3) is 4.08. The van der Waals surface area contributed by atoms with Crippen LogP contribution < -0.4 is 5.73 Å². The molecule has 6 heteroatoms. The molecule has 2 rings (SSSR count). The third-order valence-electron chi connectivity index (χ3n) is 3.09. The average molecular weight is 323 g/mol. The zero-order valence-corrected chi connectivity index (χ0v) is 14.2. The van der Waals surface area contributed by atoms with Crippen molar-refractivity contribution in [3.05, 3.63) is 40.9 Å². The van der Waals surface area contributed by atoms with E-state index in [0.29, 0.717) is 10.8 Å². The van der Waals surface area contributed by atoms with E-state index in [1.807, 2.05) is 6.20 Å². The van der Waals surface area contributed by atoms with Gasteiger partial charge in [0, 0.05) is 6.20 Å². The molecule has 0 radical (unpaired) electrons. The number of hydrogen-bond donors (Lipinski definition) is 1. The van der Waals surface area contributed by atoms with Crippen molar-refractivity contribution in [1.29, 1.82) is 0 Å². The summed E-state index contributed by atoms with van der Waals surface area (Å²) in [5, 5.41) is 1.02. The van der Waals surface area contributed by atoms with Crippen LogP contribution >= 0.6 is 23.4 Å². The molecular weight excluding hydrogens is 304 g/mol. The molecule has 2 heterocycles. The predicted octanol–water partition coefficient (Wildman–Crippen LogP) is 4.26. The number of nitrogens with two attached hydrogens (primary N) is 1. The summed E-state index contributed by atoms with van der Waals surface area (Å²) in [6.07, 6.45) is 3.38. The van der Waals surface area contributed by atoms with Crippen LogP contribution in [0.4, 0.5) is 5.69 Å². The molecule has 0 bridgehead atoms. The van der Waals surface area contributed by atoms with Gasteiger partial charge in [0.2, 0.25) is 0 Å². The molecule has 2 aromatic heterocycles. The number of halogens is 1. The van der Waals surface area contributed by atoms with Crippen molar-refractivity contribution in [2.45, 2.75) is 43.5 Å². The Balaban J connectivity index is 2.20. The van der Waals surface area contributed by atoms with Crippen LogP contribution in [0.25, 0.3) is 0 Å². The number of hydrogen-bond acceptors (Lipinski definition) is 5. The van der Waals surface area contributed by atoms with E-state index in [-0.39, 0.29) is 15.8 Å². The van der Waals surface area contributed by atoms with Gasteiger partial charge in [0.25, 0.3) is 0 Å². The van der Waals surface area contributed by atoms with Crippen LogP contribution in [0.1, 0.15) is 44.2 Å². The van der Waals surface area contributed by atoms with Gasteiger partial charge < -0.3 is 5.73 Å². The molecule has 0 amide bonds. The average Bonchev–Trinajstić information content (AvgIpc) is 2.42. The van der Waals surface area contributed by atoms with E-state index >= 15 is 0 Å². The minimum absolute atomic E-state index is 0.100. The van der Waals surface area contributed by atoms with Gasteiger partial charge in [-0.05, 0) is 30.0 Å². The topological polar surface area (TPSA) is 64.7 Å². The van der Waals surface area contributed by atoms with Crippen LogP contribution in [0.2, 0.25) is 5.15 Å². The van der Waals surface area contributed by atoms with E-state index in [2.05, 4.69) is 54.8 Å². The highest BCUT2D eigenvalue weighted by atomic mass is 35.5. The van der Waals surface area contributed by atoms with Crippen molar-refractivity contribution < 1.29 is 0 Å². The van der Waals surface area contributed by atoms with Gasteiger partial charge in [0.05, 0.1) is 22.8 Å². The van der Waals surface area contributed by atoms with Crippen molar-refractivity contribution in [3.8, 4) is 0 Å². The number of anilines is 1. The Morgan fingerprint density at radius 2 is 2.00 bits per heavy atom. The predicted molar refractivity (Wildman–Crippen MR) is 88.7 cm³/mol. The van der Waals surface area contributed by atoms with Crippen molar-refractivity contribution >= 4 is 29.1 Å². The second-order valence-electron chi connectivity index (χ2n) is 5.88. The van der Waals surface area contributed by atoms with Crippen molar-refractivity contribution in [2.75, 3.05) is 5.73 Å². The van der Waals surface area contributed by atoms with E-state index < -0.39 is 0 Å². The Labute approximate surface area is 134 Å². The molecule has 0 aliphatic carbocycles. The molecule has 2 aromatic rings. The first-order chi connectivity index (χ1) is 9.77. The van der Waals surface area contributed by atoms with E-state index in [1.165, 1.54) is 23.5 Å². The van der Waals surface area contributed by atoms with Gasteiger partial charge in [-0.15, -0.1) is 0 Å². The largest absolute Gasteiger partial charge is 0.395 e. The summed E-state index contributed by atoms with van der Waals surface area (Å²) in [5.74, 6) is 0. The van der Waals surface area contributed by atoms with Crippen molar-refractivity contribution in [1.82, 2.24) is 15.0 Å². The molecule has 4 nitrogen and oxygen atoms in total. The molecule has 21 heavy (non-hydrogen) atoms. The first-order valence-corrected chi connectivity index (χ1v) is 7.94. The number of pyridine rings is 1. The van der Waals surface area contributed by atoms with Gasteiger partial charge in [-0.3, -0.25) is 4.98 Å². The Kier molecular flexibility index (Phi) is 4.74. The van der Waals surface area contributed by atoms with Gasteiger partial charge in [0.1, 0.15) is 0 Å². The van der Waals surface area contributed by atoms with Crippen LogP contribution in [-0.4, -0.2) is 15.0 Å². The molecule has 1 unspecified atom stereocenters. The lowest BCUT2D eigenvalue weighted by atomic mass is 9.87. The zero-order chi connectivity index (χ0) is 15.6. The second-order valence-corrected chi connectivity index (χ2v) is 7.54. The summed E-state index contributed by atoms with van der Waals surface area (Å²) < 4.78 is 0. The molecular formula is C15H19ClN4S. The third-order valence-corrected chi connectivity index (χ3v) is 4.40. The van der Waals surface area contributed by atoms with Crippen LogP contribution in [0.15, 0.2) is 29.7 Å². The summed E-state index contributed by atoms with van der Waals surface area (Å²) in [4.78, 5) is 12.8. The molecule has 112 valence electrons. The van der Waals surface area contributed by atoms with Gasteiger partial charge in [0.15, 0.2) is 10.3 Å². The van der Waals surface area contributed by atoms with E-state index in [0.717, 1.165) is 5.69 Å². The molecule has 0 saturated heterocycles. The maximum Gasteiger partial charge on any atom is 0.189 e. The van der Waals surface area contributed by atoms with Crippen LogP contribution in [0.5, 0.6) is 0 Å². The summed E-state index contributed by atoms with van der Waals surface area (Å²) in [5.41, 5.74) is 8.37. The molecule has 0 aromatic carbocycles. The quantitative estimate of drug-likeness (QED) is 0.519. The standard InChI is InChI=1S/C15H19ClN4S/c1-9(21-14-19-8-11(17)13(16)20-14)12-7-10(5-6-18-12)15(2,3)4/h5-9H,17H2,1-4H3. The lowest BCUT2D eigenvalue weighted by molar-refractivity contribution is 0.588. The fourth-order valence-corrected chi connectivity index (χ4v) is 2.77. The Hall–Kier alpha value is -1.33. The maximum absolute atomic E-state index is 5.92. The molecule has 1 atom stereocenters. The van der Waals surface area contributed by atoms with Crippen LogP contribution in [-0.2, 0) is 5.41 Å². The lowest BCUT2D eigenvalue weighted by Gasteiger charge is -2.20. The number of nitrogen functional groups attached to an aromatic ring is 1. The lowest BCUT2D eigenvalue weighted by Crippen LogP contribution is -2.12. The highest BCUT2D eigenvalue weighted by molar-refractivity contribution is 7.99. The number of nitrogens with zero attached hydrogens (tertiary/aromatic N) is 3.